The molecule has 2 aliphatic heterocycles. The minimum atomic E-state index is 0.128. The molecule has 6 nitrogen and oxygen atoms in total. The predicted molar refractivity (Wildman–Crippen MR) is 85.3 cm³/mol. The highest BCUT2D eigenvalue weighted by Crippen LogP contribution is 2.23. The van der Waals surface area contributed by atoms with Gasteiger partial charge in [0.25, 0.3) is 0 Å². The molecule has 3 rings (SSSR count). The number of piperidine rings is 2. The van der Waals surface area contributed by atoms with Gasteiger partial charge in [-0.25, -0.2) is 4.98 Å². The SMILES string of the molecule is CN1CCC(N2CCC[C@@H](C(=O)NCc3ncc[nH]3)C2)CC1. The quantitative estimate of drug-likeness (QED) is 0.865. The van der Waals surface area contributed by atoms with Gasteiger partial charge >= 0.3 is 0 Å². The Morgan fingerprint density at radius 3 is 2.91 bits per heavy atom. The van der Waals surface area contributed by atoms with Crippen molar-refractivity contribution >= 4 is 5.91 Å². The lowest BCUT2D eigenvalue weighted by Gasteiger charge is -2.41. The Morgan fingerprint density at radius 2 is 2.18 bits per heavy atom. The third-order valence-electron chi connectivity index (χ3n) is 5.01. The van der Waals surface area contributed by atoms with E-state index < -0.39 is 0 Å². The van der Waals surface area contributed by atoms with E-state index in [1.165, 1.54) is 25.9 Å². The number of hydrogen-bond donors (Lipinski definition) is 2. The summed E-state index contributed by atoms with van der Waals surface area (Å²) in [5.41, 5.74) is 0. The van der Waals surface area contributed by atoms with Crippen LogP contribution in [0, 0.1) is 5.92 Å². The first-order valence-corrected chi connectivity index (χ1v) is 8.41. The molecule has 2 saturated heterocycles. The van der Waals surface area contributed by atoms with Crippen molar-refractivity contribution in [3.63, 3.8) is 0 Å². The Morgan fingerprint density at radius 1 is 1.36 bits per heavy atom. The van der Waals surface area contributed by atoms with E-state index in [9.17, 15) is 4.79 Å². The monoisotopic (exact) mass is 305 g/mol. The summed E-state index contributed by atoms with van der Waals surface area (Å²) in [6, 6.07) is 0.664. The van der Waals surface area contributed by atoms with Gasteiger partial charge in [0.05, 0.1) is 12.5 Å². The van der Waals surface area contributed by atoms with E-state index in [0.29, 0.717) is 12.6 Å². The number of aromatic nitrogens is 2. The molecule has 0 spiro atoms. The number of imidazole rings is 1. The van der Waals surface area contributed by atoms with Gasteiger partial charge in [0.1, 0.15) is 5.82 Å². The molecule has 0 unspecified atom stereocenters. The van der Waals surface area contributed by atoms with E-state index in [1.807, 2.05) is 0 Å². The molecule has 0 bridgehead atoms. The van der Waals surface area contributed by atoms with Crippen LogP contribution in [0.15, 0.2) is 12.4 Å². The Balaban J connectivity index is 1.48. The largest absolute Gasteiger partial charge is 0.349 e. The summed E-state index contributed by atoms with van der Waals surface area (Å²) in [6.07, 6.45) is 8.10. The second kappa shape index (κ2) is 7.24. The number of carbonyl (C=O) groups is 1. The molecule has 0 radical (unpaired) electrons. The number of aromatic amines is 1. The molecule has 0 aromatic carbocycles. The lowest BCUT2D eigenvalue weighted by atomic mass is 9.93. The number of rotatable bonds is 4. The van der Waals surface area contributed by atoms with Crippen molar-refractivity contribution in [1.82, 2.24) is 25.1 Å². The Bertz CT molecular complexity index is 467. The number of amides is 1. The highest BCUT2D eigenvalue weighted by Gasteiger charge is 2.31. The molecule has 122 valence electrons. The Kier molecular flexibility index (Phi) is 5.10. The fourth-order valence-corrected chi connectivity index (χ4v) is 3.62. The molecule has 3 heterocycles. The highest BCUT2D eigenvalue weighted by molar-refractivity contribution is 5.78. The summed E-state index contributed by atoms with van der Waals surface area (Å²) >= 11 is 0. The van der Waals surface area contributed by atoms with Crippen molar-refractivity contribution in [2.75, 3.05) is 33.2 Å². The average Bonchev–Trinajstić information content (AvgIpc) is 3.07. The van der Waals surface area contributed by atoms with E-state index in [2.05, 4.69) is 32.1 Å². The van der Waals surface area contributed by atoms with Gasteiger partial charge in [-0.3, -0.25) is 9.69 Å². The van der Waals surface area contributed by atoms with Crippen LogP contribution in [-0.2, 0) is 11.3 Å². The number of likely N-dealkylation sites (tertiary alicyclic amines) is 2. The number of carbonyl (C=O) groups excluding carboxylic acids is 1. The van der Waals surface area contributed by atoms with Crippen molar-refractivity contribution in [2.24, 2.45) is 5.92 Å². The van der Waals surface area contributed by atoms with E-state index in [1.54, 1.807) is 12.4 Å². The second-order valence-electron chi connectivity index (χ2n) is 6.62. The van der Waals surface area contributed by atoms with E-state index in [-0.39, 0.29) is 11.8 Å². The lowest BCUT2D eigenvalue weighted by Crippen LogP contribution is -2.50. The molecule has 2 fully saturated rings. The molecule has 1 atom stereocenters. The fourth-order valence-electron chi connectivity index (χ4n) is 3.62. The van der Waals surface area contributed by atoms with Crippen LogP contribution in [-0.4, -0.2) is 64.9 Å². The summed E-state index contributed by atoms with van der Waals surface area (Å²) < 4.78 is 0. The van der Waals surface area contributed by atoms with Gasteiger partial charge in [0, 0.05) is 25.0 Å². The molecule has 1 aromatic heterocycles. The maximum atomic E-state index is 12.4. The molecule has 2 N–H and O–H groups in total. The summed E-state index contributed by atoms with van der Waals surface area (Å²) in [7, 11) is 2.19. The summed E-state index contributed by atoms with van der Waals surface area (Å²) in [5.74, 6) is 1.12. The van der Waals surface area contributed by atoms with Gasteiger partial charge in [0.15, 0.2) is 0 Å². The fraction of sp³-hybridized carbons (Fsp3) is 0.750. The van der Waals surface area contributed by atoms with Crippen LogP contribution < -0.4 is 5.32 Å². The van der Waals surface area contributed by atoms with E-state index in [4.69, 9.17) is 0 Å². The number of hydrogen-bond acceptors (Lipinski definition) is 4. The smallest absolute Gasteiger partial charge is 0.224 e. The molecular formula is C16H27N5O. The molecule has 0 aliphatic carbocycles. The number of nitrogens with one attached hydrogen (secondary N) is 2. The van der Waals surface area contributed by atoms with Gasteiger partial charge < -0.3 is 15.2 Å². The third-order valence-corrected chi connectivity index (χ3v) is 5.01. The summed E-state index contributed by atoms with van der Waals surface area (Å²) in [6.45, 7) is 4.91. The van der Waals surface area contributed by atoms with Crippen LogP contribution in [0.3, 0.4) is 0 Å². The van der Waals surface area contributed by atoms with E-state index in [0.717, 1.165) is 31.8 Å². The highest BCUT2D eigenvalue weighted by atomic mass is 16.1. The van der Waals surface area contributed by atoms with Crippen molar-refractivity contribution < 1.29 is 4.79 Å². The van der Waals surface area contributed by atoms with E-state index >= 15 is 0 Å². The van der Waals surface area contributed by atoms with Gasteiger partial charge in [-0.1, -0.05) is 0 Å². The minimum absolute atomic E-state index is 0.128. The van der Waals surface area contributed by atoms with Gasteiger partial charge in [0.2, 0.25) is 5.91 Å². The molecule has 2 aliphatic rings. The first-order valence-electron chi connectivity index (χ1n) is 8.41. The summed E-state index contributed by atoms with van der Waals surface area (Å²) in [4.78, 5) is 24.5. The van der Waals surface area contributed by atoms with Crippen LogP contribution in [0.1, 0.15) is 31.5 Å². The minimum Gasteiger partial charge on any atom is -0.349 e. The van der Waals surface area contributed by atoms with Crippen LogP contribution in [0.2, 0.25) is 0 Å². The van der Waals surface area contributed by atoms with Crippen molar-refractivity contribution in [3.8, 4) is 0 Å². The zero-order chi connectivity index (χ0) is 15.4. The summed E-state index contributed by atoms with van der Waals surface area (Å²) in [5, 5.41) is 3.02. The van der Waals surface area contributed by atoms with Crippen molar-refractivity contribution in [1.29, 1.82) is 0 Å². The maximum Gasteiger partial charge on any atom is 0.224 e. The topological polar surface area (TPSA) is 64.3 Å². The molecule has 0 saturated carbocycles. The van der Waals surface area contributed by atoms with Crippen molar-refractivity contribution in [3.05, 3.63) is 18.2 Å². The van der Waals surface area contributed by atoms with Gasteiger partial charge in [-0.15, -0.1) is 0 Å². The standard InChI is InChI=1S/C16H27N5O/c1-20-9-4-14(5-10-20)21-8-2-3-13(12-21)16(22)19-11-15-17-6-7-18-15/h6-7,13-14H,2-5,8-12H2,1H3,(H,17,18)(H,19,22)/t13-/m1/s1. The van der Waals surface area contributed by atoms with Crippen LogP contribution in [0.5, 0.6) is 0 Å². The number of nitrogens with zero attached hydrogens (tertiary/aromatic N) is 3. The normalized spacial score (nSPS) is 25.2. The zero-order valence-electron chi connectivity index (χ0n) is 13.4. The predicted octanol–water partition coefficient (Wildman–Crippen LogP) is 0.832. The Labute approximate surface area is 132 Å². The van der Waals surface area contributed by atoms with Crippen LogP contribution in [0.4, 0.5) is 0 Å². The van der Waals surface area contributed by atoms with Crippen LogP contribution in [0.25, 0.3) is 0 Å². The van der Waals surface area contributed by atoms with Crippen LogP contribution >= 0.6 is 0 Å². The first kappa shape index (κ1) is 15.5. The molecule has 22 heavy (non-hydrogen) atoms. The molecule has 6 heteroatoms. The zero-order valence-corrected chi connectivity index (χ0v) is 13.4. The Hall–Kier alpha value is -1.40. The number of H-pyrrole nitrogens is 1. The third kappa shape index (κ3) is 3.87. The first-order chi connectivity index (χ1) is 10.7. The molecule has 1 aromatic rings. The lowest BCUT2D eigenvalue weighted by molar-refractivity contribution is -0.127. The second-order valence-corrected chi connectivity index (χ2v) is 6.62. The van der Waals surface area contributed by atoms with Gasteiger partial charge in [-0.05, 0) is 52.4 Å². The molecule has 1 amide bonds. The average molecular weight is 305 g/mol. The maximum absolute atomic E-state index is 12.4. The molecular weight excluding hydrogens is 278 g/mol. The van der Waals surface area contributed by atoms with Crippen molar-refractivity contribution in [2.45, 2.75) is 38.3 Å². The van der Waals surface area contributed by atoms with Gasteiger partial charge in [-0.2, -0.15) is 0 Å².